The summed E-state index contributed by atoms with van der Waals surface area (Å²) in [6, 6.07) is 14.8. The summed E-state index contributed by atoms with van der Waals surface area (Å²) < 4.78 is 15.5. The lowest BCUT2D eigenvalue weighted by Gasteiger charge is -2.30. The third-order valence-electron chi connectivity index (χ3n) is 5.56. The molecule has 2 heterocycles. The molecule has 1 fully saturated rings. The molecule has 0 bridgehead atoms. The molecule has 2 aliphatic rings. The van der Waals surface area contributed by atoms with Gasteiger partial charge in [-0.25, -0.2) is 4.31 Å². The first kappa shape index (κ1) is 19.4. The molecule has 0 amide bonds. The molecule has 28 heavy (non-hydrogen) atoms. The minimum absolute atomic E-state index is 0.816. The van der Waals surface area contributed by atoms with Gasteiger partial charge in [-0.1, -0.05) is 49.2 Å². The van der Waals surface area contributed by atoms with E-state index in [1.807, 2.05) is 11.9 Å². The van der Waals surface area contributed by atoms with Crippen molar-refractivity contribution in [3.05, 3.63) is 65.2 Å². The van der Waals surface area contributed by atoms with Crippen LogP contribution in [0.25, 0.3) is 0 Å². The summed E-state index contributed by atoms with van der Waals surface area (Å²) in [6.07, 6.45) is 6.91. The SMILES string of the molecule is C/C=C(\CC)C1(c2ccc(C)cc2)Oc2ccc(SN3CCCCC3)cc2O1. The highest BCUT2D eigenvalue weighted by atomic mass is 32.2. The summed E-state index contributed by atoms with van der Waals surface area (Å²) in [4.78, 5) is 1.21. The third kappa shape index (κ3) is 3.68. The smallest absolute Gasteiger partial charge is 0.301 e. The highest BCUT2D eigenvalue weighted by molar-refractivity contribution is 7.97. The van der Waals surface area contributed by atoms with E-state index in [4.69, 9.17) is 9.47 Å². The van der Waals surface area contributed by atoms with Crippen molar-refractivity contribution in [1.29, 1.82) is 0 Å². The number of allylic oxidation sites excluding steroid dienone is 1. The molecule has 0 aliphatic carbocycles. The number of rotatable bonds is 5. The van der Waals surface area contributed by atoms with Crippen LogP contribution >= 0.6 is 11.9 Å². The number of hydrogen-bond donors (Lipinski definition) is 0. The molecule has 1 saturated heterocycles. The Labute approximate surface area is 172 Å². The maximum Gasteiger partial charge on any atom is 0.301 e. The summed E-state index contributed by atoms with van der Waals surface area (Å²) in [7, 11) is 0. The van der Waals surface area contributed by atoms with Gasteiger partial charge in [-0.3, -0.25) is 0 Å². The first-order valence-corrected chi connectivity index (χ1v) is 11.1. The third-order valence-corrected chi connectivity index (χ3v) is 6.64. The molecule has 0 radical (unpaired) electrons. The number of nitrogens with zero attached hydrogens (tertiary/aromatic N) is 1. The average molecular weight is 396 g/mol. The molecular weight excluding hydrogens is 366 g/mol. The molecule has 3 nitrogen and oxygen atoms in total. The Hall–Kier alpha value is -1.91. The second kappa shape index (κ2) is 8.22. The molecule has 0 saturated carbocycles. The minimum Gasteiger partial charge on any atom is -0.441 e. The predicted octanol–water partition coefficient (Wildman–Crippen LogP) is 6.47. The molecule has 0 aromatic heterocycles. The number of ether oxygens (including phenoxy) is 2. The van der Waals surface area contributed by atoms with E-state index in [1.54, 1.807) is 0 Å². The predicted molar refractivity (Wildman–Crippen MR) is 116 cm³/mol. The molecule has 1 unspecified atom stereocenters. The zero-order chi connectivity index (χ0) is 19.6. The average Bonchev–Trinajstić information content (AvgIpc) is 3.10. The van der Waals surface area contributed by atoms with Gasteiger partial charge in [0.2, 0.25) is 0 Å². The standard InChI is InChI=1S/C24H29NO2S/c1-4-19(5-2)24(20-11-9-18(3)10-12-20)26-22-14-13-21(17-23(22)27-24)28-25-15-7-6-8-16-25/h4,9-14,17H,5-8,15-16H2,1-3H3/b19-4+. The Balaban J connectivity index is 1.65. The number of hydrogen-bond acceptors (Lipinski definition) is 4. The van der Waals surface area contributed by atoms with Gasteiger partial charge in [-0.15, -0.1) is 0 Å². The van der Waals surface area contributed by atoms with Gasteiger partial charge >= 0.3 is 5.79 Å². The quantitative estimate of drug-likeness (QED) is 0.427. The Morgan fingerprint density at radius 2 is 1.75 bits per heavy atom. The zero-order valence-corrected chi connectivity index (χ0v) is 17.8. The molecule has 0 spiro atoms. The molecule has 148 valence electrons. The topological polar surface area (TPSA) is 21.7 Å². The summed E-state index contributed by atoms with van der Waals surface area (Å²) in [5.41, 5.74) is 3.40. The van der Waals surface area contributed by atoms with Crippen LogP contribution in [-0.4, -0.2) is 17.4 Å². The van der Waals surface area contributed by atoms with Crippen LogP contribution in [-0.2, 0) is 5.79 Å². The molecule has 1 atom stereocenters. The molecule has 2 aromatic carbocycles. The molecule has 2 aromatic rings. The monoisotopic (exact) mass is 395 g/mol. The van der Waals surface area contributed by atoms with Crippen LogP contribution in [0.3, 0.4) is 0 Å². The second-order valence-electron chi connectivity index (χ2n) is 7.54. The highest BCUT2D eigenvalue weighted by Gasteiger charge is 2.46. The maximum absolute atomic E-state index is 6.57. The zero-order valence-electron chi connectivity index (χ0n) is 17.0. The van der Waals surface area contributed by atoms with Crippen LogP contribution in [0, 0.1) is 6.92 Å². The summed E-state index contributed by atoms with van der Waals surface area (Å²) >= 11 is 1.83. The fourth-order valence-corrected chi connectivity index (χ4v) is 5.01. The van der Waals surface area contributed by atoms with Crippen LogP contribution in [0.4, 0.5) is 0 Å². The van der Waals surface area contributed by atoms with Crippen molar-refractivity contribution in [3.63, 3.8) is 0 Å². The highest BCUT2D eigenvalue weighted by Crippen LogP contribution is 2.49. The van der Waals surface area contributed by atoms with Crippen LogP contribution in [0.1, 0.15) is 50.7 Å². The van der Waals surface area contributed by atoms with Crippen molar-refractivity contribution in [2.75, 3.05) is 13.1 Å². The number of benzene rings is 2. The van der Waals surface area contributed by atoms with Gasteiger partial charge in [-0.2, -0.15) is 0 Å². The van der Waals surface area contributed by atoms with Crippen LogP contribution in [0.2, 0.25) is 0 Å². The second-order valence-corrected chi connectivity index (χ2v) is 8.71. The summed E-state index contributed by atoms with van der Waals surface area (Å²) in [5.74, 6) is 0.778. The van der Waals surface area contributed by atoms with Crippen LogP contribution in [0.5, 0.6) is 11.5 Å². The normalized spacial score (nSPS) is 22.5. The first-order chi connectivity index (χ1) is 13.6. The Kier molecular flexibility index (Phi) is 5.70. The maximum atomic E-state index is 6.57. The van der Waals surface area contributed by atoms with Gasteiger partial charge in [-0.05, 0) is 63.3 Å². The Bertz CT molecular complexity index is 855. The fraction of sp³-hybridized carbons (Fsp3) is 0.417. The first-order valence-electron chi connectivity index (χ1n) is 10.3. The number of fused-ring (bicyclic) bond motifs is 1. The summed E-state index contributed by atoms with van der Waals surface area (Å²) in [6.45, 7) is 8.62. The van der Waals surface area contributed by atoms with Crippen LogP contribution < -0.4 is 9.47 Å². The molecular formula is C24H29NO2S. The van der Waals surface area contributed by atoms with Gasteiger partial charge < -0.3 is 9.47 Å². The van der Waals surface area contributed by atoms with Crippen molar-refractivity contribution in [3.8, 4) is 11.5 Å². The van der Waals surface area contributed by atoms with E-state index in [9.17, 15) is 0 Å². The largest absolute Gasteiger partial charge is 0.441 e. The molecule has 0 N–H and O–H groups in total. The van der Waals surface area contributed by atoms with E-state index in [1.165, 1.54) is 29.7 Å². The lowest BCUT2D eigenvalue weighted by molar-refractivity contribution is -0.0523. The van der Waals surface area contributed by atoms with E-state index in [-0.39, 0.29) is 0 Å². The lowest BCUT2D eigenvalue weighted by atomic mass is 9.94. The molecule has 2 aliphatic heterocycles. The van der Waals surface area contributed by atoms with E-state index in [2.05, 4.69) is 73.6 Å². The van der Waals surface area contributed by atoms with Gasteiger partial charge in [0.1, 0.15) is 0 Å². The van der Waals surface area contributed by atoms with Gasteiger partial charge in [0.15, 0.2) is 11.5 Å². The van der Waals surface area contributed by atoms with Crippen molar-refractivity contribution in [2.24, 2.45) is 0 Å². The van der Waals surface area contributed by atoms with Gasteiger partial charge in [0.25, 0.3) is 0 Å². The Morgan fingerprint density at radius 1 is 1.04 bits per heavy atom. The molecule has 4 rings (SSSR count). The van der Waals surface area contributed by atoms with E-state index in [0.717, 1.165) is 42.1 Å². The summed E-state index contributed by atoms with van der Waals surface area (Å²) in [5, 5.41) is 0. The lowest BCUT2D eigenvalue weighted by Crippen LogP contribution is -2.37. The van der Waals surface area contributed by atoms with E-state index in [0.29, 0.717) is 0 Å². The van der Waals surface area contributed by atoms with Crippen molar-refractivity contribution in [2.45, 2.75) is 57.1 Å². The fourth-order valence-electron chi connectivity index (χ4n) is 3.98. The van der Waals surface area contributed by atoms with E-state index < -0.39 is 5.79 Å². The van der Waals surface area contributed by atoms with Crippen molar-refractivity contribution in [1.82, 2.24) is 4.31 Å². The van der Waals surface area contributed by atoms with E-state index >= 15 is 0 Å². The molecule has 4 heteroatoms. The minimum atomic E-state index is -0.867. The number of piperidine rings is 1. The number of aryl methyl sites for hydroxylation is 1. The Morgan fingerprint density at radius 3 is 2.43 bits per heavy atom. The van der Waals surface area contributed by atoms with Gasteiger partial charge in [0.05, 0.1) is 0 Å². The van der Waals surface area contributed by atoms with Gasteiger partial charge in [0, 0.05) is 29.1 Å². The van der Waals surface area contributed by atoms with Crippen molar-refractivity contribution >= 4 is 11.9 Å². The van der Waals surface area contributed by atoms with Crippen LogP contribution in [0.15, 0.2) is 59.0 Å². The van der Waals surface area contributed by atoms with Crippen molar-refractivity contribution < 1.29 is 9.47 Å².